The average molecular weight is 851 g/mol. The number of ketones is 2. The Balaban J connectivity index is 1.41. The lowest BCUT2D eigenvalue weighted by atomic mass is 9.72. The Morgan fingerprint density at radius 1 is 0.918 bits per heavy atom. The number of esters is 1. The number of carbonyl (C=O) groups is 4. The highest BCUT2D eigenvalue weighted by molar-refractivity contribution is 6.39. The van der Waals surface area contributed by atoms with Crippen LogP contribution in [0, 0.1) is 35.5 Å². The van der Waals surface area contributed by atoms with Crippen molar-refractivity contribution < 1.29 is 58.6 Å². The highest BCUT2D eigenvalue weighted by Gasteiger charge is 2.58. The van der Waals surface area contributed by atoms with Gasteiger partial charge in [-0.15, -0.1) is 0 Å². The van der Waals surface area contributed by atoms with Crippen molar-refractivity contribution in [2.45, 2.75) is 146 Å². The molecule has 61 heavy (non-hydrogen) atoms. The van der Waals surface area contributed by atoms with Gasteiger partial charge >= 0.3 is 5.97 Å². The fraction of sp³-hybridized carbons (Fsp3) is 0.681. The SMILES string of the molecule is CO[C@H]1C[C@@H](C)[C@@]2(O)O[C@@H]1[C@@H](O)C[C@@H](C)C/C(C)=C/[C@@H](C/C=C/c1ccncc1)C(=O)C[C@H](O)[C@@H](C)[C@@H]1OC(=O)[C@@H]3C(CCCN3C(=O)C2=O)/C1=C\[C@@H]1CC[C@@H](O)[C@H](OC)C1. The first kappa shape index (κ1) is 46.9. The van der Waals surface area contributed by atoms with Gasteiger partial charge in [0.25, 0.3) is 11.7 Å². The zero-order valence-electron chi connectivity index (χ0n) is 36.4. The van der Waals surface area contributed by atoms with Crippen LogP contribution >= 0.6 is 0 Å². The van der Waals surface area contributed by atoms with Crippen molar-refractivity contribution in [3.8, 4) is 0 Å². The van der Waals surface area contributed by atoms with Crippen molar-refractivity contribution in [3.63, 3.8) is 0 Å². The first-order chi connectivity index (χ1) is 29.1. The normalized spacial score (nSPS) is 41.3. The van der Waals surface area contributed by atoms with Gasteiger partial charge in [-0.05, 0) is 99.8 Å². The number of hydrogen-bond donors (Lipinski definition) is 4. The summed E-state index contributed by atoms with van der Waals surface area (Å²) in [6.07, 6.45) is 8.35. The smallest absolute Gasteiger partial charge is 0.330 e. The molecule has 1 amide bonds. The number of aliphatic hydroxyl groups is 4. The Labute approximate surface area is 359 Å². The molecule has 4 bridgehead atoms. The zero-order chi connectivity index (χ0) is 44.2. The molecule has 4 aliphatic heterocycles. The topological polar surface area (TPSA) is 202 Å². The number of piperidine rings is 1. The summed E-state index contributed by atoms with van der Waals surface area (Å²) in [5.74, 6) is -8.96. The summed E-state index contributed by atoms with van der Waals surface area (Å²) >= 11 is 0. The lowest BCUT2D eigenvalue weighted by Crippen LogP contribution is -2.66. The van der Waals surface area contributed by atoms with Crippen molar-refractivity contribution in [1.29, 1.82) is 0 Å². The molecule has 5 aliphatic rings. The van der Waals surface area contributed by atoms with Crippen LogP contribution in [0.3, 0.4) is 0 Å². The molecule has 4 fully saturated rings. The van der Waals surface area contributed by atoms with Crippen molar-refractivity contribution in [2.24, 2.45) is 35.5 Å². The number of ether oxygens (including phenoxy) is 4. The predicted molar refractivity (Wildman–Crippen MR) is 224 cm³/mol. The zero-order valence-corrected chi connectivity index (χ0v) is 36.4. The van der Waals surface area contributed by atoms with E-state index in [0.717, 1.165) is 11.1 Å². The highest BCUT2D eigenvalue weighted by Crippen LogP contribution is 2.44. The summed E-state index contributed by atoms with van der Waals surface area (Å²) in [5, 5.41) is 46.2. The number of carbonyl (C=O) groups excluding carboxylic acids is 4. The molecule has 0 aromatic carbocycles. The van der Waals surface area contributed by atoms with E-state index in [0.29, 0.717) is 50.5 Å². The van der Waals surface area contributed by atoms with E-state index in [1.807, 2.05) is 50.3 Å². The number of hydrogen-bond acceptors (Lipinski definition) is 13. The molecule has 0 radical (unpaired) electrons. The van der Waals surface area contributed by atoms with Crippen LogP contribution in [0.25, 0.3) is 6.08 Å². The van der Waals surface area contributed by atoms with Gasteiger partial charge in [-0.1, -0.05) is 50.6 Å². The second-order valence-corrected chi connectivity index (χ2v) is 18.4. The Bertz CT molecular complexity index is 1820. The van der Waals surface area contributed by atoms with Crippen molar-refractivity contribution in [3.05, 3.63) is 59.5 Å². The number of Topliss-reactive ketones (excluding diaryl/α,β-unsaturated/α-hetero) is 2. The van der Waals surface area contributed by atoms with Crippen LogP contribution in [0.5, 0.6) is 0 Å². The summed E-state index contributed by atoms with van der Waals surface area (Å²) in [5.41, 5.74) is 2.51. The van der Waals surface area contributed by atoms with Gasteiger partial charge in [0.1, 0.15) is 24.0 Å². The van der Waals surface area contributed by atoms with Gasteiger partial charge in [0.2, 0.25) is 5.79 Å². The molecule has 15 atom stereocenters. The summed E-state index contributed by atoms with van der Waals surface area (Å²) in [4.78, 5) is 62.5. The van der Waals surface area contributed by atoms with E-state index in [9.17, 15) is 39.6 Å². The van der Waals surface area contributed by atoms with Crippen LogP contribution in [0.4, 0.5) is 0 Å². The quantitative estimate of drug-likeness (QED) is 0.181. The number of allylic oxidation sites excluding steroid dienone is 4. The fourth-order valence-electron chi connectivity index (χ4n) is 10.4. The molecule has 14 nitrogen and oxygen atoms in total. The lowest BCUT2D eigenvalue weighted by molar-refractivity contribution is -0.301. The summed E-state index contributed by atoms with van der Waals surface area (Å²) in [7, 11) is 3.01. The molecule has 1 aromatic rings. The van der Waals surface area contributed by atoms with Gasteiger partial charge < -0.3 is 44.3 Å². The largest absolute Gasteiger partial charge is 0.456 e. The van der Waals surface area contributed by atoms with E-state index in [4.69, 9.17) is 18.9 Å². The summed E-state index contributed by atoms with van der Waals surface area (Å²) in [6, 6.07) is 2.52. The van der Waals surface area contributed by atoms with Crippen LogP contribution in [0.15, 0.2) is 53.9 Å². The third-order valence-electron chi connectivity index (χ3n) is 13.9. The number of pyridine rings is 1. The number of rotatable bonds is 6. The van der Waals surface area contributed by atoms with Crippen molar-refractivity contribution >= 4 is 29.5 Å². The number of amides is 1. The van der Waals surface area contributed by atoms with Gasteiger partial charge in [0, 0.05) is 63.3 Å². The highest BCUT2D eigenvalue weighted by atomic mass is 16.7. The Morgan fingerprint density at radius 3 is 2.34 bits per heavy atom. The molecule has 1 aromatic heterocycles. The maximum atomic E-state index is 14.4. The molecule has 1 unspecified atom stereocenters. The van der Waals surface area contributed by atoms with E-state index in [-0.39, 0.29) is 43.4 Å². The molecular formula is C47H66N2O12. The van der Waals surface area contributed by atoms with Crippen LogP contribution in [-0.4, -0.2) is 129 Å². The predicted octanol–water partition coefficient (Wildman–Crippen LogP) is 4.13. The molecule has 4 N–H and O–H groups in total. The first-order valence-corrected chi connectivity index (χ1v) is 22.1. The Kier molecular flexibility index (Phi) is 15.6. The van der Waals surface area contributed by atoms with E-state index in [1.54, 1.807) is 33.4 Å². The maximum absolute atomic E-state index is 14.4. The summed E-state index contributed by atoms with van der Waals surface area (Å²) in [6.45, 7) is 7.26. The van der Waals surface area contributed by atoms with Gasteiger partial charge in [0.05, 0.1) is 30.5 Å². The Morgan fingerprint density at radius 2 is 1.64 bits per heavy atom. The minimum Gasteiger partial charge on any atom is -0.456 e. The van der Waals surface area contributed by atoms with E-state index in [1.165, 1.54) is 12.0 Å². The molecule has 5 heterocycles. The monoisotopic (exact) mass is 850 g/mol. The molecule has 3 saturated heterocycles. The van der Waals surface area contributed by atoms with Crippen LogP contribution in [0.1, 0.15) is 97.5 Å². The van der Waals surface area contributed by atoms with Gasteiger partial charge in [-0.25, -0.2) is 4.79 Å². The Hall–Kier alpha value is -3.63. The second kappa shape index (κ2) is 20.3. The average Bonchev–Trinajstić information content (AvgIpc) is 3.24. The van der Waals surface area contributed by atoms with Gasteiger partial charge in [0.15, 0.2) is 0 Å². The number of fused-ring (bicyclic) bond motifs is 4. The molecule has 0 spiro atoms. The summed E-state index contributed by atoms with van der Waals surface area (Å²) < 4.78 is 23.6. The molecule has 336 valence electrons. The number of methoxy groups -OCH3 is 2. The minimum atomic E-state index is -2.61. The number of aliphatic hydroxyl groups excluding tert-OH is 3. The molecule has 1 aliphatic carbocycles. The minimum absolute atomic E-state index is 0.0465. The van der Waals surface area contributed by atoms with Gasteiger partial charge in [-0.2, -0.15) is 0 Å². The third-order valence-corrected chi connectivity index (χ3v) is 13.9. The fourth-order valence-corrected chi connectivity index (χ4v) is 10.4. The molecular weight excluding hydrogens is 785 g/mol. The molecule has 1 saturated carbocycles. The number of aromatic nitrogens is 1. The van der Waals surface area contributed by atoms with Crippen molar-refractivity contribution in [1.82, 2.24) is 9.88 Å². The van der Waals surface area contributed by atoms with E-state index >= 15 is 0 Å². The first-order valence-electron chi connectivity index (χ1n) is 22.1. The van der Waals surface area contributed by atoms with E-state index < -0.39 is 95.9 Å². The lowest BCUT2D eigenvalue weighted by Gasteiger charge is -2.49. The van der Waals surface area contributed by atoms with Crippen LogP contribution in [-0.2, 0) is 38.1 Å². The third kappa shape index (κ3) is 10.4. The van der Waals surface area contributed by atoms with E-state index in [2.05, 4.69) is 4.98 Å². The standard InChI is InChI=1S/C47H66N2O12/c1-26-19-27(2)21-38(53)43-40(59-6)22-28(3)47(57,61-43)44(54)45(55)49-18-8-11-33-34(23-31-12-13-35(50)39(24-31)58-5)42(60-46(56)41(33)49)29(4)36(51)25-37(52)32(20-26)10-7-9-30-14-16-48-17-15-30/h7,9,14-17,20,23,27-29,31-33,35-36,38-43,50-51,53,57H,8,10-13,18-19,21-22,24-25H2,1-6H3/b9-7+,26-20+,34-23+/t27-,28+,29+,31-,32+,33?,35+,36-,38-,39+,40-,41-,42-,43+,47+/m0/s1. The number of nitrogens with zero attached hydrogens (tertiary/aromatic N) is 2. The van der Waals surface area contributed by atoms with Crippen LogP contribution < -0.4 is 0 Å². The second-order valence-electron chi connectivity index (χ2n) is 18.4. The van der Waals surface area contributed by atoms with Crippen molar-refractivity contribution in [2.75, 3.05) is 20.8 Å². The molecule has 6 rings (SSSR count). The van der Waals surface area contributed by atoms with Gasteiger partial charge in [-0.3, -0.25) is 19.4 Å². The molecule has 14 heteroatoms. The van der Waals surface area contributed by atoms with Crippen LogP contribution in [0.2, 0.25) is 0 Å². The maximum Gasteiger partial charge on any atom is 0.330 e.